The molecule has 0 aliphatic carbocycles. The molecular weight excluding hydrogens is 258 g/mol. The van der Waals surface area contributed by atoms with Crippen molar-refractivity contribution < 1.29 is 5.11 Å². The molecule has 110 valence electrons. The van der Waals surface area contributed by atoms with Crippen molar-refractivity contribution in [3.63, 3.8) is 0 Å². The number of hydrogen-bond donors (Lipinski definition) is 1. The molecule has 0 radical (unpaired) electrons. The van der Waals surface area contributed by atoms with Crippen LogP contribution in [-0.4, -0.2) is 18.7 Å². The van der Waals surface area contributed by atoms with Gasteiger partial charge >= 0.3 is 0 Å². The highest BCUT2D eigenvalue weighted by molar-refractivity contribution is 5.59. The lowest BCUT2D eigenvalue weighted by Crippen LogP contribution is -2.12. The first-order valence-electron chi connectivity index (χ1n) is 7.68. The Morgan fingerprint density at radius 1 is 0.952 bits per heavy atom. The van der Waals surface area contributed by atoms with E-state index in [0.29, 0.717) is 5.92 Å². The lowest BCUT2D eigenvalue weighted by molar-refractivity contribution is 0.220. The summed E-state index contributed by atoms with van der Waals surface area (Å²) in [6, 6.07) is 14.6. The predicted octanol–water partition coefficient (Wildman–Crippen LogP) is 3.88. The van der Waals surface area contributed by atoms with Crippen molar-refractivity contribution >= 4 is 5.69 Å². The van der Waals surface area contributed by atoms with Gasteiger partial charge in [0.1, 0.15) is 6.10 Å². The second-order valence-corrected chi connectivity index (χ2v) is 6.28. The number of fused-ring (bicyclic) bond motifs is 1. The third-order valence-corrected chi connectivity index (χ3v) is 4.47. The molecule has 2 heteroatoms. The molecule has 2 aromatic carbocycles. The lowest BCUT2D eigenvalue weighted by Gasteiger charge is -2.16. The van der Waals surface area contributed by atoms with Crippen LogP contribution in [-0.2, 0) is 6.42 Å². The molecule has 0 spiro atoms. The Bertz CT molecular complexity index is 631. The van der Waals surface area contributed by atoms with Crippen LogP contribution in [0.2, 0.25) is 0 Å². The van der Waals surface area contributed by atoms with E-state index in [9.17, 15) is 5.11 Å². The van der Waals surface area contributed by atoms with E-state index in [0.717, 1.165) is 24.1 Å². The number of aliphatic hydroxyl groups is 1. The number of rotatable bonds is 3. The Labute approximate surface area is 127 Å². The molecule has 1 aliphatic heterocycles. The molecule has 1 heterocycles. The van der Waals surface area contributed by atoms with Crippen LogP contribution in [0.15, 0.2) is 42.5 Å². The van der Waals surface area contributed by atoms with Gasteiger partial charge in [0.15, 0.2) is 0 Å². The molecule has 0 aromatic heterocycles. The zero-order valence-electron chi connectivity index (χ0n) is 13.0. The maximum atomic E-state index is 10.6. The van der Waals surface area contributed by atoms with E-state index in [2.05, 4.69) is 50.1 Å². The summed E-state index contributed by atoms with van der Waals surface area (Å²) in [5.41, 5.74) is 5.89. The number of nitrogens with zero attached hydrogens (tertiary/aromatic N) is 1. The lowest BCUT2D eigenvalue weighted by atomic mass is 9.96. The zero-order chi connectivity index (χ0) is 15.0. The van der Waals surface area contributed by atoms with Crippen LogP contribution in [0.25, 0.3) is 0 Å². The first-order valence-corrected chi connectivity index (χ1v) is 7.68. The van der Waals surface area contributed by atoms with Crippen molar-refractivity contribution in [2.45, 2.75) is 32.3 Å². The Kier molecular flexibility index (Phi) is 3.73. The molecule has 2 aromatic rings. The van der Waals surface area contributed by atoms with E-state index in [1.165, 1.54) is 16.8 Å². The predicted molar refractivity (Wildman–Crippen MR) is 88.0 cm³/mol. The van der Waals surface area contributed by atoms with Crippen molar-refractivity contribution in [3.8, 4) is 0 Å². The van der Waals surface area contributed by atoms with Gasteiger partial charge in [-0.3, -0.25) is 0 Å². The van der Waals surface area contributed by atoms with Crippen LogP contribution >= 0.6 is 0 Å². The summed E-state index contributed by atoms with van der Waals surface area (Å²) >= 11 is 0. The summed E-state index contributed by atoms with van der Waals surface area (Å²) in [4.78, 5) is 2.27. The average Bonchev–Trinajstić information content (AvgIpc) is 2.87. The fourth-order valence-corrected chi connectivity index (χ4v) is 3.01. The Hall–Kier alpha value is -1.80. The molecule has 0 fully saturated rings. The van der Waals surface area contributed by atoms with Gasteiger partial charge in [-0.2, -0.15) is 0 Å². The summed E-state index contributed by atoms with van der Waals surface area (Å²) in [6.45, 7) is 5.43. The second kappa shape index (κ2) is 5.53. The van der Waals surface area contributed by atoms with Gasteiger partial charge in [0, 0.05) is 19.3 Å². The standard InChI is InChI=1S/C19H23NO/c1-13(2)14-4-6-15(7-5-14)19(21)17-8-9-18-16(12-17)10-11-20(18)3/h4-9,12-13,19,21H,10-11H2,1-3H3. The van der Waals surface area contributed by atoms with Gasteiger partial charge in [0.25, 0.3) is 0 Å². The van der Waals surface area contributed by atoms with Crippen LogP contribution in [0.1, 0.15) is 48.1 Å². The average molecular weight is 281 g/mol. The highest BCUT2D eigenvalue weighted by Gasteiger charge is 2.18. The van der Waals surface area contributed by atoms with Gasteiger partial charge in [0.05, 0.1) is 0 Å². The largest absolute Gasteiger partial charge is 0.384 e. The number of anilines is 1. The molecule has 0 saturated heterocycles. The van der Waals surface area contributed by atoms with Gasteiger partial charge in [-0.15, -0.1) is 0 Å². The van der Waals surface area contributed by atoms with Gasteiger partial charge in [-0.25, -0.2) is 0 Å². The van der Waals surface area contributed by atoms with E-state index < -0.39 is 6.10 Å². The molecule has 2 nitrogen and oxygen atoms in total. The summed E-state index contributed by atoms with van der Waals surface area (Å²) < 4.78 is 0. The van der Waals surface area contributed by atoms with E-state index in [1.807, 2.05) is 18.2 Å². The van der Waals surface area contributed by atoms with E-state index in [1.54, 1.807) is 0 Å². The van der Waals surface area contributed by atoms with E-state index >= 15 is 0 Å². The molecule has 1 N–H and O–H groups in total. The van der Waals surface area contributed by atoms with Crippen LogP contribution in [0.5, 0.6) is 0 Å². The Morgan fingerprint density at radius 2 is 1.57 bits per heavy atom. The van der Waals surface area contributed by atoms with Crippen molar-refractivity contribution in [2.24, 2.45) is 0 Å². The van der Waals surface area contributed by atoms with Crippen LogP contribution < -0.4 is 4.90 Å². The third kappa shape index (κ3) is 2.68. The highest BCUT2D eigenvalue weighted by Crippen LogP contribution is 2.31. The molecule has 1 atom stereocenters. The highest BCUT2D eigenvalue weighted by atomic mass is 16.3. The topological polar surface area (TPSA) is 23.5 Å². The summed E-state index contributed by atoms with van der Waals surface area (Å²) in [5.74, 6) is 0.520. The minimum atomic E-state index is -0.539. The third-order valence-electron chi connectivity index (χ3n) is 4.47. The molecule has 0 amide bonds. The van der Waals surface area contributed by atoms with Crippen molar-refractivity contribution in [1.29, 1.82) is 0 Å². The number of aliphatic hydroxyl groups excluding tert-OH is 1. The van der Waals surface area contributed by atoms with Gasteiger partial charge in [-0.05, 0) is 40.7 Å². The van der Waals surface area contributed by atoms with Crippen LogP contribution in [0.4, 0.5) is 5.69 Å². The van der Waals surface area contributed by atoms with Crippen LogP contribution in [0.3, 0.4) is 0 Å². The van der Waals surface area contributed by atoms with Crippen molar-refractivity contribution in [1.82, 2.24) is 0 Å². The molecule has 0 saturated carbocycles. The molecule has 3 rings (SSSR count). The van der Waals surface area contributed by atoms with E-state index in [4.69, 9.17) is 0 Å². The normalized spacial score (nSPS) is 15.4. The fourth-order valence-electron chi connectivity index (χ4n) is 3.01. The molecule has 1 unspecified atom stereocenters. The molecule has 0 bridgehead atoms. The molecular formula is C19H23NO. The minimum Gasteiger partial charge on any atom is -0.384 e. The Balaban J connectivity index is 1.86. The molecule has 21 heavy (non-hydrogen) atoms. The maximum Gasteiger partial charge on any atom is 0.104 e. The second-order valence-electron chi connectivity index (χ2n) is 6.28. The number of likely N-dealkylation sites (N-methyl/N-ethyl adjacent to an activating group) is 1. The summed E-state index contributed by atoms with van der Waals surface area (Å²) in [7, 11) is 2.12. The van der Waals surface area contributed by atoms with Crippen LogP contribution in [0, 0.1) is 0 Å². The SMILES string of the molecule is CC(C)c1ccc(C(O)c2ccc3c(c2)CCN3C)cc1. The quantitative estimate of drug-likeness (QED) is 0.922. The first kappa shape index (κ1) is 14.2. The number of hydrogen-bond acceptors (Lipinski definition) is 2. The Morgan fingerprint density at radius 3 is 2.24 bits per heavy atom. The minimum absolute atomic E-state index is 0.520. The summed E-state index contributed by atoms with van der Waals surface area (Å²) in [5, 5.41) is 10.6. The monoisotopic (exact) mass is 281 g/mol. The fraction of sp³-hybridized carbons (Fsp3) is 0.368. The van der Waals surface area contributed by atoms with Gasteiger partial charge in [0.2, 0.25) is 0 Å². The zero-order valence-corrected chi connectivity index (χ0v) is 13.0. The maximum absolute atomic E-state index is 10.6. The smallest absolute Gasteiger partial charge is 0.104 e. The molecule has 1 aliphatic rings. The van der Waals surface area contributed by atoms with Crippen molar-refractivity contribution in [3.05, 3.63) is 64.7 Å². The van der Waals surface area contributed by atoms with Crippen molar-refractivity contribution in [2.75, 3.05) is 18.5 Å². The van der Waals surface area contributed by atoms with Gasteiger partial charge in [-0.1, -0.05) is 50.2 Å². The number of benzene rings is 2. The first-order chi connectivity index (χ1) is 10.1. The van der Waals surface area contributed by atoms with E-state index in [-0.39, 0.29) is 0 Å². The van der Waals surface area contributed by atoms with Gasteiger partial charge < -0.3 is 10.0 Å². The summed E-state index contributed by atoms with van der Waals surface area (Å²) in [6.07, 6.45) is 0.529.